The molecule has 23 heavy (non-hydrogen) atoms. The van der Waals surface area contributed by atoms with E-state index in [1.54, 1.807) is 17.7 Å². The Bertz CT molecular complexity index is 891. The number of thiophene rings is 1. The van der Waals surface area contributed by atoms with Crippen LogP contribution in [0, 0.1) is 13.8 Å². The summed E-state index contributed by atoms with van der Waals surface area (Å²) in [6.07, 6.45) is 1.62. The van der Waals surface area contributed by atoms with Gasteiger partial charge in [-0.1, -0.05) is 6.07 Å². The Hall–Kier alpha value is -2.34. The molecule has 2 aromatic heterocycles. The predicted molar refractivity (Wildman–Crippen MR) is 91.5 cm³/mol. The standard InChI is InChI=1S/C17H17N3O2S/c1-9-11(3)23-17-15(9)16(18-7-19-17)20-10(2)12-4-5-13-14(6-12)22-8-21-13/h4-7,10H,8H2,1-3H3,(H,18,19,20). The zero-order chi connectivity index (χ0) is 16.0. The number of rotatable bonds is 3. The van der Waals surface area contributed by atoms with E-state index in [4.69, 9.17) is 9.47 Å². The fraction of sp³-hybridized carbons (Fsp3) is 0.294. The minimum absolute atomic E-state index is 0.0993. The summed E-state index contributed by atoms with van der Waals surface area (Å²) in [5, 5.41) is 4.62. The monoisotopic (exact) mass is 327 g/mol. The van der Waals surface area contributed by atoms with Crippen LogP contribution in [-0.2, 0) is 0 Å². The van der Waals surface area contributed by atoms with Crippen LogP contribution in [0.5, 0.6) is 11.5 Å². The van der Waals surface area contributed by atoms with Crippen LogP contribution in [0.3, 0.4) is 0 Å². The fourth-order valence-corrected chi connectivity index (χ4v) is 3.76. The summed E-state index contributed by atoms with van der Waals surface area (Å²) in [6, 6.07) is 6.12. The number of anilines is 1. The summed E-state index contributed by atoms with van der Waals surface area (Å²) < 4.78 is 10.8. The highest BCUT2D eigenvalue weighted by Crippen LogP contribution is 2.36. The highest BCUT2D eigenvalue weighted by molar-refractivity contribution is 7.18. The van der Waals surface area contributed by atoms with Gasteiger partial charge in [0.25, 0.3) is 0 Å². The molecule has 5 nitrogen and oxygen atoms in total. The maximum Gasteiger partial charge on any atom is 0.231 e. The van der Waals surface area contributed by atoms with Gasteiger partial charge in [0.15, 0.2) is 11.5 Å². The smallest absolute Gasteiger partial charge is 0.231 e. The molecular formula is C17H17N3O2S. The van der Waals surface area contributed by atoms with E-state index in [-0.39, 0.29) is 6.04 Å². The zero-order valence-corrected chi connectivity index (χ0v) is 14.0. The Balaban J connectivity index is 1.68. The minimum Gasteiger partial charge on any atom is -0.454 e. The van der Waals surface area contributed by atoms with Crippen LogP contribution in [0.1, 0.15) is 29.0 Å². The van der Waals surface area contributed by atoms with Crippen molar-refractivity contribution >= 4 is 27.4 Å². The summed E-state index contributed by atoms with van der Waals surface area (Å²) in [7, 11) is 0. The number of nitrogens with one attached hydrogen (secondary N) is 1. The first-order chi connectivity index (χ1) is 11.1. The molecule has 0 aliphatic carbocycles. The average Bonchev–Trinajstić information content (AvgIpc) is 3.12. The van der Waals surface area contributed by atoms with Crippen LogP contribution in [0.25, 0.3) is 10.2 Å². The number of aryl methyl sites for hydroxylation is 2. The molecule has 0 amide bonds. The summed E-state index contributed by atoms with van der Waals surface area (Å²) in [6.45, 7) is 6.64. The average molecular weight is 327 g/mol. The SMILES string of the molecule is Cc1sc2ncnc(NC(C)c3ccc4c(c3)OCO4)c2c1C. The van der Waals surface area contributed by atoms with Gasteiger partial charge in [-0.25, -0.2) is 9.97 Å². The highest BCUT2D eigenvalue weighted by Gasteiger charge is 2.18. The molecule has 1 atom stereocenters. The molecule has 0 bridgehead atoms. The Morgan fingerprint density at radius 3 is 2.87 bits per heavy atom. The maximum atomic E-state index is 5.46. The molecule has 0 radical (unpaired) electrons. The molecule has 0 saturated carbocycles. The van der Waals surface area contributed by atoms with Crippen molar-refractivity contribution in [3.63, 3.8) is 0 Å². The molecule has 118 valence electrons. The van der Waals surface area contributed by atoms with Crippen molar-refractivity contribution in [1.29, 1.82) is 0 Å². The van der Waals surface area contributed by atoms with Crippen LogP contribution < -0.4 is 14.8 Å². The van der Waals surface area contributed by atoms with Crippen molar-refractivity contribution < 1.29 is 9.47 Å². The van der Waals surface area contributed by atoms with Crippen molar-refractivity contribution in [2.24, 2.45) is 0 Å². The first-order valence-corrected chi connectivity index (χ1v) is 8.32. The van der Waals surface area contributed by atoms with Crippen LogP contribution in [0.15, 0.2) is 24.5 Å². The molecule has 1 aliphatic rings. The van der Waals surface area contributed by atoms with Gasteiger partial charge in [0.1, 0.15) is 17.0 Å². The van der Waals surface area contributed by atoms with E-state index < -0.39 is 0 Å². The van der Waals surface area contributed by atoms with E-state index in [2.05, 4.69) is 42.1 Å². The lowest BCUT2D eigenvalue weighted by molar-refractivity contribution is 0.174. The molecule has 3 aromatic rings. The van der Waals surface area contributed by atoms with E-state index >= 15 is 0 Å². The van der Waals surface area contributed by atoms with Crippen molar-refractivity contribution in [1.82, 2.24) is 9.97 Å². The Kier molecular flexibility index (Phi) is 3.34. The van der Waals surface area contributed by atoms with Gasteiger partial charge in [0.05, 0.1) is 11.4 Å². The lowest BCUT2D eigenvalue weighted by Crippen LogP contribution is -2.08. The lowest BCUT2D eigenvalue weighted by Gasteiger charge is -2.16. The maximum absolute atomic E-state index is 5.46. The van der Waals surface area contributed by atoms with Gasteiger partial charge in [0.2, 0.25) is 6.79 Å². The van der Waals surface area contributed by atoms with Gasteiger partial charge in [-0.2, -0.15) is 0 Å². The predicted octanol–water partition coefficient (Wildman–Crippen LogP) is 4.21. The molecule has 3 heterocycles. The summed E-state index contributed by atoms with van der Waals surface area (Å²) in [5.41, 5.74) is 2.37. The van der Waals surface area contributed by atoms with Crippen molar-refractivity contribution in [2.45, 2.75) is 26.8 Å². The van der Waals surface area contributed by atoms with Gasteiger partial charge >= 0.3 is 0 Å². The van der Waals surface area contributed by atoms with E-state index in [9.17, 15) is 0 Å². The number of hydrogen-bond donors (Lipinski definition) is 1. The van der Waals surface area contributed by atoms with E-state index in [1.807, 2.05) is 12.1 Å². The second kappa shape index (κ2) is 5.38. The van der Waals surface area contributed by atoms with Gasteiger partial charge in [-0.3, -0.25) is 0 Å². The third-order valence-electron chi connectivity index (χ3n) is 4.22. The Labute approximate surface area is 138 Å². The molecule has 1 unspecified atom stereocenters. The van der Waals surface area contributed by atoms with E-state index in [0.29, 0.717) is 6.79 Å². The first-order valence-electron chi connectivity index (χ1n) is 7.50. The lowest BCUT2D eigenvalue weighted by atomic mass is 10.1. The number of nitrogens with zero attached hydrogens (tertiary/aromatic N) is 2. The highest BCUT2D eigenvalue weighted by atomic mass is 32.1. The molecule has 1 aromatic carbocycles. The number of aromatic nitrogens is 2. The van der Waals surface area contributed by atoms with Crippen LogP contribution in [0.2, 0.25) is 0 Å². The zero-order valence-electron chi connectivity index (χ0n) is 13.2. The van der Waals surface area contributed by atoms with Gasteiger partial charge < -0.3 is 14.8 Å². The van der Waals surface area contributed by atoms with Crippen molar-refractivity contribution in [3.8, 4) is 11.5 Å². The molecule has 0 saturated heterocycles. The second-order valence-corrected chi connectivity index (χ2v) is 6.87. The number of fused-ring (bicyclic) bond motifs is 2. The summed E-state index contributed by atoms with van der Waals surface area (Å²) in [5.74, 6) is 2.48. The first kappa shape index (κ1) is 14.3. The molecule has 0 spiro atoms. The Morgan fingerprint density at radius 1 is 1.17 bits per heavy atom. The van der Waals surface area contributed by atoms with Gasteiger partial charge in [-0.15, -0.1) is 11.3 Å². The third-order valence-corrected chi connectivity index (χ3v) is 5.33. The van der Waals surface area contributed by atoms with Gasteiger partial charge in [-0.05, 0) is 44.0 Å². The van der Waals surface area contributed by atoms with Crippen LogP contribution >= 0.6 is 11.3 Å². The summed E-state index contributed by atoms with van der Waals surface area (Å²) in [4.78, 5) is 11.1. The number of benzene rings is 1. The van der Waals surface area contributed by atoms with E-state index in [0.717, 1.165) is 33.1 Å². The molecule has 4 rings (SSSR count). The largest absolute Gasteiger partial charge is 0.454 e. The van der Waals surface area contributed by atoms with E-state index in [1.165, 1.54) is 10.4 Å². The van der Waals surface area contributed by atoms with Gasteiger partial charge in [0, 0.05) is 4.88 Å². The second-order valence-electron chi connectivity index (χ2n) is 5.66. The van der Waals surface area contributed by atoms with Crippen LogP contribution in [-0.4, -0.2) is 16.8 Å². The fourth-order valence-electron chi connectivity index (χ4n) is 2.76. The third kappa shape index (κ3) is 2.39. The topological polar surface area (TPSA) is 56.3 Å². The van der Waals surface area contributed by atoms with Crippen molar-refractivity contribution in [2.75, 3.05) is 12.1 Å². The summed E-state index contributed by atoms with van der Waals surface area (Å²) >= 11 is 1.70. The quantitative estimate of drug-likeness (QED) is 0.781. The molecule has 6 heteroatoms. The number of ether oxygens (including phenoxy) is 2. The molecular weight excluding hydrogens is 310 g/mol. The van der Waals surface area contributed by atoms with Crippen molar-refractivity contribution in [3.05, 3.63) is 40.5 Å². The molecule has 0 fully saturated rings. The normalized spacial score (nSPS) is 14.2. The molecule has 1 N–H and O–H groups in total. The molecule has 1 aliphatic heterocycles. The van der Waals surface area contributed by atoms with Crippen LogP contribution in [0.4, 0.5) is 5.82 Å². The Morgan fingerprint density at radius 2 is 2.00 bits per heavy atom. The number of hydrogen-bond acceptors (Lipinski definition) is 6. The minimum atomic E-state index is 0.0993.